The zero-order chi connectivity index (χ0) is 15.7. The fourth-order valence-electron chi connectivity index (χ4n) is 2.40. The van der Waals surface area contributed by atoms with Crippen molar-refractivity contribution in [2.75, 3.05) is 14.2 Å². The minimum atomic E-state index is -0.479. The van der Waals surface area contributed by atoms with Crippen molar-refractivity contribution >= 4 is 23.4 Å². The maximum Gasteiger partial charge on any atom is 0.227 e. The van der Waals surface area contributed by atoms with Gasteiger partial charge in [-0.05, 0) is 18.1 Å². The number of halogens is 1. The smallest absolute Gasteiger partial charge is 0.227 e. The third-order valence-electron chi connectivity index (χ3n) is 3.72. The molecule has 6 nitrogen and oxygen atoms in total. The van der Waals surface area contributed by atoms with Crippen molar-refractivity contribution < 1.29 is 9.47 Å². The van der Waals surface area contributed by atoms with Crippen LogP contribution in [0, 0.1) is 18.3 Å². The van der Waals surface area contributed by atoms with Gasteiger partial charge in [-0.25, -0.2) is 4.99 Å². The number of hydrogen-bond acceptors (Lipinski definition) is 6. The van der Waals surface area contributed by atoms with E-state index >= 15 is 0 Å². The van der Waals surface area contributed by atoms with E-state index in [1.165, 1.54) is 0 Å². The highest BCUT2D eigenvalue weighted by molar-refractivity contribution is 6.30. The first kappa shape index (κ1) is 14.8. The molecule has 22 heavy (non-hydrogen) atoms. The Morgan fingerprint density at radius 1 is 1.41 bits per heavy atom. The zero-order valence-electron chi connectivity index (χ0n) is 12.2. The molecule has 0 aromatic carbocycles. The molecule has 0 amide bonds. The van der Waals surface area contributed by atoms with Gasteiger partial charge in [-0.1, -0.05) is 11.6 Å². The van der Waals surface area contributed by atoms with E-state index in [1.54, 1.807) is 20.4 Å². The third-order valence-corrected chi connectivity index (χ3v) is 4.02. The first-order valence-electron chi connectivity index (χ1n) is 6.78. The van der Waals surface area contributed by atoms with Crippen LogP contribution in [0.5, 0.6) is 0 Å². The highest BCUT2D eigenvalue weighted by Crippen LogP contribution is 2.48. The van der Waals surface area contributed by atoms with Crippen molar-refractivity contribution in [2.24, 2.45) is 10.9 Å². The summed E-state index contributed by atoms with van der Waals surface area (Å²) in [5, 5.41) is 11.6. The molecule has 0 spiro atoms. The van der Waals surface area contributed by atoms with Crippen LogP contribution in [0.2, 0.25) is 5.15 Å². The molecule has 3 rings (SSSR count). The number of allylic oxidation sites excluding steroid dienone is 1. The largest absolute Gasteiger partial charge is 0.482 e. The van der Waals surface area contributed by atoms with Gasteiger partial charge >= 0.3 is 0 Å². The van der Waals surface area contributed by atoms with Gasteiger partial charge in [-0.2, -0.15) is 0 Å². The van der Waals surface area contributed by atoms with Gasteiger partial charge in [-0.3, -0.25) is 0 Å². The summed E-state index contributed by atoms with van der Waals surface area (Å²) in [5.74, 6) is 3.74. The van der Waals surface area contributed by atoms with Gasteiger partial charge in [0.1, 0.15) is 5.69 Å². The number of hydrogen-bond donors (Lipinski definition) is 1. The Morgan fingerprint density at radius 2 is 2.23 bits per heavy atom. The van der Waals surface area contributed by atoms with Gasteiger partial charge in [0, 0.05) is 25.2 Å². The summed E-state index contributed by atoms with van der Waals surface area (Å²) in [4.78, 5) is 4.22. The maximum atomic E-state index is 6.15. The lowest BCUT2D eigenvalue weighted by Gasteiger charge is -2.21. The summed E-state index contributed by atoms with van der Waals surface area (Å²) in [6, 6.07) is 1.90. The Hall–Kier alpha value is -2.10. The second-order valence-electron chi connectivity index (χ2n) is 5.05. The second kappa shape index (κ2) is 5.95. The summed E-state index contributed by atoms with van der Waals surface area (Å²) >= 11 is 6.15. The standard InChI is InChI=1S/C15H15ClN4O2/c1-4-8-5-9(8)10-6-12(19-20-13(10)16)11-7-17-15(22-3)18-14(11)21-2/h1,6-9,15,18H,5H2,2-3H3. The van der Waals surface area contributed by atoms with Gasteiger partial charge in [-0.15, -0.1) is 22.5 Å². The molecule has 3 unspecified atom stereocenters. The number of aliphatic imine (C=N–C) groups is 1. The molecule has 114 valence electrons. The number of methoxy groups -OCH3 is 2. The van der Waals surface area contributed by atoms with Crippen LogP contribution in [0.25, 0.3) is 5.57 Å². The molecular weight excluding hydrogens is 304 g/mol. The molecule has 7 heteroatoms. The van der Waals surface area contributed by atoms with Crippen LogP contribution in [0.1, 0.15) is 23.6 Å². The molecule has 1 aromatic heterocycles. The van der Waals surface area contributed by atoms with E-state index < -0.39 is 6.35 Å². The SMILES string of the molecule is C#CC1CC1c1cc(C2=C(OC)NC(OC)N=C2)nnc1Cl. The lowest BCUT2D eigenvalue weighted by Crippen LogP contribution is -2.33. The highest BCUT2D eigenvalue weighted by atomic mass is 35.5. The monoisotopic (exact) mass is 318 g/mol. The summed E-state index contributed by atoms with van der Waals surface area (Å²) < 4.78 is 10.5. The van der Waals surface area contributed by atoms with E-state index in [0.717, 1.165) is 12.0 Å². The molecular formula is C15H15ClN4O2. The molecule has 3 atom stereocenters. The van der Waals surface area contributed by atoms with Gasteiger partial charge in [0.15, 0.2) is 5.15 Å². The predicted molar refractivity (Wildman–Crippen MR) is 83.1 cm³/mol. The number of terminal acetylenes is 1. The van der Waals surface area contributed by atoms with E-state index in [9.17, 15) is 0 Å². The Bertz CT molecular complexity index is 695. The molecule has 2 heterocycles. The quantitative estimate of drug-likeness (QED) is 0.857. The zero-order valence-corrected chi connectivity index (χ0v) is 13.0. The summed E-state index contributed by atoms with van der Waals surface area (Å²) in [5.41, 5.74) is 2.24. The minimum absolute atomic E-state index is 0.224. The lowest BCUT2D eigenvalue weighted by molar-refractivity contribution is 0.0705. The average molecular weight is 319 g/mol. The van der Waals surface area contributed by atoms with Crippen molar-refractivity contribution in [3.63, 3.8) is 0 Å². The molecule has 1 aromatic rings. The van der Waals surface area contributed by atoms with Gasteiger partial charge < -0.3 is 14.8 Å². The van der Waals surface area contributed by atoms with Gasteiger partial charge in [0.25, 0.3) is 0 Å². The number of aromatic nitrogens is 2. The number of nitrogens with one attached hydrogen (secondary N) is 1. The van der Waals surface area contributed by atoms with Crippen molar-refractivity contribution in [2.45, 2.75) is 18.7 Å². The maximum absolute atomic E-state index is 6.15. The van der Waals surface area contributed by atoms with Crippen LogP contribution in [0.3, 0.4) is 0 Å². The van der Waals surface area contributed by atoms with E-state index in [0.29, 0.717) is 22.3 Å². The lowest BCUT2D eigenvalue weighted by atomic mass is 10.1. The van der Waals surface area contributed by atoms with Crippen molar-refractivity contribution in [1.82, 2.24) is 15.5 Å². The van der Waals surface area contributed by atoms with E-state index in [1.807, 2.05) is 6.07 Å². The second-order valence-corrected chi connectivity index (χ2v) is 5.41. The van der Waals surface area contributed by atoms with Crippen LogP contribution in [0.15, 0.2) is 16.9 Å². The van der Waals surface area contributed by atoms with Crippen LogP contribution in [-0.4, -0.2) is 37.0 Å². The number of nitrogens with zero attached hydrogens (tertiary/aromatic N) is 3. The predicted octanol–water partition coefficient (Wildman–Crippen LogP) is 1.79. The van der Waals surface area contributed by atoms with E-state index in [2.05, 4.69) is 26.4 Å². The van der Waals surface area contributed by atoms with Crippen LogP contribution in [-0.2, 0) is 9.47 Å². The van der Waals surface area contributed by atoms with Crippen molar-refractivity contribution in [3.05, 3.63) is 28.4 Å². The first-order chi connectivity index (χ1) is 10.7. The fraction of sp³-hybridized carbons (Fsp3) is 0.400. The Balaban J connectivity index is 1.95. The molecule has 0 radical (unpaired) electrons. The molecule has 0 bridgehead atoms. The normalized spacial score (nSPS) is 26.4. The molecule has 1 fully saturated rings. The number of ether oxygens (including phenoxy) is 2. The topological polar surface area (TPSA) is 68.6 Å². The van der Waals surface area contributed by atoms with Crippen molar-refractivity contribution in [3.8, 4) is 12.3 Å². The van der Waals surface area contributed by atoms with Crippen LogP contribution in [0.4, 0.5) is 0 Å². The van der Waals surface area contributed by atoms with Crippen molar-refractivity contribution in [1.29, 1.82) is 0 Å². The van der Waals surface area contributed by atoms with E-state index in [-0.39, 0.29) is 11.8 Å². The minimum Gasteiger partial charge on any atom is -0.482 e. The summed E-state index contributed by atoms with van der Waals surface area (Å²) in [6.07, 6.45) is 7.56. The summed E-state index contributed by atoms with van der Waals surface area (Å²) in [7, 11) is 3.12. The van der Waals surface area contributed by atoms with Crippen LogP contribution < -0.4 is 5.32 Å². The average Bonchev–Trinajstić information content (AvgIpc) is 3.34. The Kier molecular flexibility index (Phi) is 4.01. The van der Waals surface area contributed by atoms with E-state index in [4.69, 9.17) is 27.5 Å². The molecule has 1 aliphatic heterocycles. The van der Waals surface area contributed by atoms with Gasteiger partial charge in [0.2, 0.25) is 12.2 Å². The summed E-state index contributed by atoms with van der Waals surface area (Å²) in [6.45, 7) is 0. The molecule has 1 aliphatic carbocycles. The number of rotatable bonds is 4. The molecule has 0 saturated heterocycles. The molecule has 1 saturated carbocycles. The third kappa shape index (κ3) is 2.65. The fourth-order valence-corrected chi connectivity index (χ4v) is 2.64. The highest BCUT2D eigenvalue weighted by Gasteiger charge is 2.39. The molecule has 2 aliphatic rings. The Morgan fingerprint density at radius 3 is 2.86 bits per heavy atom. The Labute approximate surface area is 133 Å². The van der Waals surface area contributed by atoms with Gasteiger partial charge in [0.05, 0.1) is 12.7 Å². The molecule has 1 N–H and O–H groups in total. The van der Waals surface area contributed by atoms with Crippen LogP contribution >= 0.6 is 11.6 Å². The first-order valence-corrected chi connectivity index (χ1v) is 7.16.